The smallest absolute Gasteiger partial charge is 0.408 e. The number of fused-ring (bicyclic) bond motifs is 1. The summed E-state index contributed by atoms with van der Waals surface area (Å²) in [4.78, 5) is 36.6. The minimum Gasteiger partial charge on any atom is -0.445 e. The number of amides is 1. The number of rotatable bonds is 7. The van der Waals surface area contributed by atoms with E-state index < -0.39 is 23.7 Å². The van der Waals surface area contributed by atoms with Crippen LogP contribution in [-0.4, -0.2) is 18.1 Å². The molecule has 7 heteroatoms. The lowest BCUT2D eigenvalue weighted by Gasteiger charge is -2.20. The molecule has 0 fully saturated rings. The van der Waals surface area contributed by atoms with E-state index in [1.165, 1.54) is 12.1 Å². The summed E-state index contributed by atoms with van der Waals surface area (Å²) in [6, 6.07) is 14.7. The summed E-state index contributed by atoms with van der Waals surface area (Å²) in [5.74, 6) is -0.652. The lowest BCUT2D eigenvalue weighted by Crippen LogP contribution is -2.46. The Hall–Kier alpha value is -3.61. The highest BCUT2D eigenvalue weighted by atomic mass is 16.6. The van der Waals surface area contributed by atoms with Crippen LogP contribution in [0.1, 0.15) is 31.9 Å². The second-order valence-corrected chi connectivity index (χ2v) is 7.45. The molecule has 0 saturated carbocycles. The third-order valence-corrected chi connectivity index (χ3v) is 4.81. The summed E-state index contributed by atoms with van der Waals surface area (Å²) in [6.45, 7) is 5.61. The first kappa shape index (κ1) is 22.1. The monoisotopic (exact) mass is 423 g/mol. The van der Waals surface area contributed by atoms with Gasteiger partial charge in [0.2, 0.25) is 0 Å². The van der Waals surface area contributed by atoms with Crippen LogP contribution < -0.4 is 15.7 Å². The number of carbonyl (C=O) groups is 2. The van der Waals surface area contributed by atoms with Crippen LogP contribution in [0.15, 0.2) is 63.8 Å². The Morgan fingerprint density at radius 1 is 1.06 bits per heavy atom. The molecule has 0 aliphatic carbocycles. The van der Waals surface area contributed by atoms with Crippen LogP contribution in [0.4, 0.5) is 4.79 Å². The topological polar surface area (TPSA) is 94.8 Å². The van der Waals surface area contributed by atoms with E-state index in [9.17, 15) is 14.4 Å². The molecule has 0 aliphatic heterocycles. The second kappa shape index (κ2) is 9.93. The molecule has 1 heterocycles. The Kier molecular flexibility index (Phi) is 7.07. The molecule has 162 valence electrons. The van der Waals surface area contributed by atoms with Gasteiger partial charge < -0.3 is 19.2 Å². The van der Waals surface area contributed by atoms with Crippen LogP contribution in [0.25, 0.3) is 11.0 Å². The van der Waals surface area contributed by atoms with Crippen molar-refractivity contribution in [2.24, 2.45) is 5.92 Å². The van der Waals surface area contributed by atoms with E-state index in [0.717, 1.165) is 16.5 Å². The number of carbonyl (C=O) groups excluding carboxylic acids is 2. The number of esters is 1. The Bertz CT molecular complexity index is 1120. The van der Waals surface area contributed by atoms with Crippen molar-refractivity contribution in [2.45, 2.75) is 39.8 Å². The van der Waals surface area contributed by atoms with Gasteiger partial charge in [0, 0.05) is 17.5 Å². The second-order valence-electron chi connectivity index (χ2n) is 7.45. The molecule has 31 heavy (non-hydrogen) atoms. The van der Waals surface area contributed by atoms with E-state index in [1.807, 2.05) is 37.3 Å². The largest absolute Gasteiger partial charge is 0.445 e. The van der Waals surface area contributed by atoms with E-state index in [2.05, 4.69) is 5.32 Å². The summed E-state index contributed by atoms with van der Waals surface area (Å²) in [6.07, 6.45) is -0.0392. The minimum absolute atomic E-state index is 0.0933. The van der Waals surface area contributed by atoms with E-state index in [4.69, 9.17) is 13.9 Å². The molecule has 2 aromatic carbocycles. The van der Waals surface area contributed by atoms with E-state index >= 15 is 0 Å². The number of benzene rings is 2. The van der Waals surface area contributed by atoms with Gasteiger partial charge in [0.25, 0.3) is 0 Å². The number of nitrogens with one attached hydrogen (secondary N) is 1. The van der Waals surface area contributed by atoms with Gasteiger partial charge in [-0.05, 0) is 35.6 Å². The van der Waals surface area contributed by atoms with Crippen LogP contribution >= 0.6 is 0 Å². The van der Waals surface area contributed by atoms with E-state index in [1.54, 1.807) is 26.0 Å². The molecule has 3 rings (SSSR count). The van der Waals surface area contributed by atoms with Crippen LogP contribution in [0.3, 0.4) is 0 Å². The summed E-state index contributed by atoms with van der Waals surface area (Å²) in [5.41, 5.74) is 1.57. The highest BCUT2D eigenvalue weighted by molar-refractivity contribution is 5.85. The van der Waals surface area contributed by atoms with Crippen LogP contribution in [0.2, 0.25) is 0 Å². The maximum Gasteiger partial charge on any atom is 0.408 e. The van der Waals surface area contributed by atoms with Crippen LogP contribution in [0, 0.1) is 5.92 Å². The maximum atomic E-state index is 12.7. The molecule has 0 saturated heterocycles. The van der Waals surface area contributed by atoms with E-state index in [0.29, 0.717) is 12.0 Å². The average Bonchev–Trinajstić information content (AvgIpc) is 2.75. The molecule has 1 N–H and O–H groups in total. The molecule has 0 radical (unpaired) electrons. The van der Waals surface area contributed by atoms with Gasteiger partial charge in [-0.15, -0.1) is 0 Å². The molecule has 7 nitrogen and oxygen atoms in total. The van der Waals surface area contributed by atoms with Crippen molar-refractivity contribution in [1.29, 1.82) is 0 Å². The predicted molar refractivity (Wildman–Crippen MR) is 116 cm³/mol. The van der Waals surface area contributed by atoms with Crippen molar-refractivity contribution in [1.82, 2.24) is 5.32 Å². The first-order chi connectivity index (χ1) is 14.9. The number of aryl methyl sites for hydroxylation is 1. The molecule has 0 aliphatic rings. The van der Waals surface area contributed by atoms with Crippen LogP contribution in [-0.2, 0) is 22.6 Å². The highest BCUT2D eigenvalue weighted by Gasteiger charge is 2.27. The number of ether oxygens (including phenoxy) is 2. The minimum atomic E-state index is -0.909. The van der Waals surface area contributed by atoms with Gasteiger partial charge >= 0.3 is 17.7 Å². The SMILES string of the molecule is CCc1cc(=O)oc2cc(OC(=O)C(NC(=O)OCc3ccccc3)C(C)C)ccc12. The number of hydrogen-bond donors (Lipinski definition) is 1. The molecule has 1 amide bonds. The Labute approximate surface area is 180 Å². The summed E-state index contributed by atoms with van der Waals surface area (Å²) < 4.78 is 15.9. The predicted octanol–water partition coefficient (Wildman–Crippen LogP) is 4.21. The highest BCUT2D eigenvalue weighted by Crippen LogP contribution is 2.23. The Morgan fingerprint density at radius 3 is 2.48 bits per heavy atom. The Morgan fingerprint density at radius 2 is 1.81 bits per heavy atom. The average molecular weight is 423 g/mol. The van der Waals surface area contributed by atoms with Crippen molar-refractivity contribution in [3.8, 4) is 5.75 Å². The van der Waals surface area contributed by atoms with Crippen molar-refractivity contribution in [3.05, 3.63) is 76.1 Å². The fourth-order valence-electron chi connectivity index (χ4n) is 3.14. The third-order valence-electron chi connectivity index (χ3n) is 4.81. The molecule has 3 aromatic rings. The summed E-state index contributed by atoms with van der Waals surface area (Å²) in [7, 11) is 0. The van der Waals surface area contributed by atoms with Gasteiger partial charge in [-0.1, -0.05) is 51.1 Å². The molecule has 1 aromatic heterocycles. The fraction of sp³-hybridized carbons (Fsp3) is 0.292. The fourth-order valence-corrected chi connectivity index (χ4v) is 3.14. The molecule has 0 spiro atoms. The lowest BCUT2D eigenvalue weighted by atomic mass is 10.1. The Balaban J connectivity index is 1.68. The number of hydrogen-bond acceptors (Lipinski definition) is 6. The molecular weight excluding hydrogens is 398 g/mol. The first-order valence-corrected chi connectivity index (χ1v) is 10.1. The van der Waals surface area contributed by atoms with Crippen LogP contribution in [0.5, 0.6) is 5.75 Å². The van der Waals surface area contributed by atoms with Gasteiger partial charge in [-0.2, -0.15) is 0 Å². The van der Waals surface area contributed by atoms with E-state index in [-0.39, 0.29) is 18.3 Å². The van der Waals surface area contributed by atoms with Gasteiger partial charge in [-0.3, -0.25) is 0 Å². The first-order valence-electron chi connectivity index (χ1n) is 10.1. The normalized spacial score (nSPS) is 11.9. The third kappa shape index (κ3) is 5.72. The number of alkyl carbamates (subject to hydrolysis) is 1. The molecule has 1 atom stereocenters. The van der Waals surface area contributed by atoms with Crippen molar-refractivity contribution < 1.29 is 23.5 Å². The zero-order chi connectivity index (χ0) is 22.4. The zero-order valence-corrected chi connectivity index (χ0v) is 17.7. The molecule has 0 bridgehead atoms. The summed E-state index contributed by atoms with van der Waals surface area (Å²) in [5, 5.41) is 3.34. The molecule has 1 unspecified atom stereocenters. The molecular formula is C24H25NO6. The summed E-state index contributed by atoms with van der Waals surface area (Å²) >= 11 is 0. The van der Waals surface area contributed by atoms with Crippen molar-refractivity contribution in [3.63, 3.8) is 0 Å². The zero-order valence-electron chi connectivity index (χ0n) is 17.7. The van der Waals surface area contributed by atoms with Gasteiger partial charge in [0.1, 0.15) is 24.0 Å². The van der Waals surface area contributed by atoms with Gasteiger partial charge in [-0.25, -0.2) is 14.4 Å². The van der Waals surface area contributed by atoms with Gasteiger partial charge in [0.15, 0.2) is 0 Å². The lowest BCUT2D eigenvalue weighted by molar-refractivity contribution is -0.137. The van der Waals surface area contributed by atoms with Crippen molar-refractivity contribution in [2.75, 3.05) is 0 Å². The van der Waals surface area contributed by atoms with Crippen molar-refractivity contribution >= 4 is 23.0 Å². The standard InChI is InChI=1S/C24H25NO6/c1-4-17-12-21(26)31-20-13-18(10-11-19(17)20)30-23(27)22(15(2)3)25-24(28)29-14-16-8-6-5-7-9-16/h5-13,15,22H,4,14H2,1-3H3,(H,25,28). The van der Waals surface area contributed by atoms with Gasteiger partial charge in [0.05, 0.1) is 0 Å². The quantitative estimate of drug-likeness (QED) is 0.347. The maximum absolute atomic E-state index is 12.7.